The van der Waals surface area contributed by atoms with Crippen molar-refractivity contribution in [3.63, 3.8) is 0 Å². The van der Waals surface area contributed by atoms with Gasteiger partial charge in [0, 0.05) is 11.8 Å². The molecule has 0 radical (unpaired) electrons. The third-order valence-corrected chi connectivity index (χ3v) is 2.58. The first kappa shape index (κ1) is 8.44. The van der Waals surface area contributed by atoms with Crippen molar-refractivity contribution in [2.75, 3.05) is 0 Å². The first-order valence-corrected chi connectivity index (χ1v) is 4.12. The van der Waals surface area contributed by atoms with Crippen LogP contribution in [0.2, 0.25) is 0 Å². The highest BCUT2D eigenvalue weighted by atomic mass is 16.1. The van der Waals surface area contributed by atoms with Crippen LogP contribution in [-0.4, -0.2) is 11.6 Å². The number of hydrogen-bond acceptors (Lipinski definition) is 2. The normalized spacial score (nSPS) is 30.4. The first-order valence-electron chi connectivity index (χ1n) is 4.12. The van der Waals surface area contributed by atoms with Gasteiger partial charge in [-0.3, -0.25) is 9.59 Å². The van der Waals surface area contributed by atoms with Crippen molar-refractivity contribution < 1.29 is 9.59 Å². The minimum absolute atomic E-state index is 0.170. The van der Waals surface area contributed by atoms with Gasteiger partial charge in [-0.15, -0.1) is 0 Å². The van der Waals surface area contributed by atoms with Crippen LogP contribution in [0.1, 0.15) is 33.1 Å². The second-order valence-corrected chi connectivity index (χ2v) is 3.43. The molecule has 0 spiro atoms. The summed E-state index contributed by atoms with van der Waals surface area (Å²) in [4.78, 5) is 21.8. The lowest BCUT2D eigenvalue weighted by Crippen LogP contribution is -2.10. The molecule has 2 heteroatoms. The van der Waals surface area contributed by atoms with Gasteiger partial charge >= 0.3 is 0 Å². The first-order chi connectivity index (χ1) is 5.11. The molecule has 1 aliphatic carbocycles. The number of rotatable bonds is 2. The maximum Gasteiger partial charge on any atom is 0.132 e. The quantitative estimate of drug-likeness (QED) is 0.605. The fourth-order valence-electron chi connectivity index (χ4n) is 1.72. The van der Waals surface area contributed by atoms with E-state index in [4.69, 9.17) is 0 Å². The standard InChI is InChI=1S/C9H14O2/c1-6(10)8-3-4-9(5-8)7(2)11/h8-9H,3-5H2,1-2H3. The summed E-state index contributed by atoms with van der Waals surface area (Å²) >= 11 is 0. The molecule has 0 N–H and O–H groups in total. The lowest BCUT2D eigenvalue weighted by atomic mass is 9.99. The van der Waals surface area contributed by atoms with Gasteiger partial charge in [0.2, 0.25) is 0 Å². The van der Waals surface area contributed by atoms with Crippen LogP contribution in [0.25, 0.3) is 0 Å². The molecule has 1 aliphatic rings. The van der Waals surface area contributed by atoms with E-state index in [2.05, 4.69) is 0 Å². The molecule has 0 saturated heterocycles. The minimum atomic E-state index is 0.170. The number of ketones is 2. The molecule has 2 unspecified atom stereocenters. The van der Waals surface area contributed by atoms with E-state index in [9.17, 15) is 9.59 Å². The van der Waals surface area contributed by atoms with E-state index in [1.165, 1.54) is 0 Å². The van der Waals surface area contributed by atoms with E-state index in [1.807, 2.05) is 0 Å². The van der Waals surface area contributed by atoms with Gasteiger partial charge in [0.05, 0.1) is 0 Å². The predicted molar refractivity (Wildman–Crippen MR) is 42.2 cm³/mol. The summed E-state index contributed by atoms with van der Waals surface area (Å²) in [6.45, 7) is 3.24. The van der Waals surface area contributed by atoms with E-state index in [-0.39, 0.29) is 23.4 Å². The topological polar surface area (TPSA) is 34.1 Å². The summed E-state index contributed by atoms with van der Waals surface area (Å²) in [7, 11) is 0. The molecule has 2 atom stereocenters. The Morgan fingerprint density at radius 1 is 1.00 bits per heavy atom. The molecule has 0 aromatic carbocycles. The monoisotopic (exact) mass is 154 g/mol. The zero-order chi connectivity index (χ0) is 8.43. The lowest BCUT2D eigenvalue weighted by Gasteiger charge is -2.03. The van der Waals surface area contributed by atoms with Crippen molar-refractivity contribution in [1.82, 2.24) is 0 Å². The molecule has 0 amide bonds. The highest BCUT2D eigenvalue weighted by Crippen LogP contribution is 2.31. The highest BCUT2D eigenvalue weighted by molar-refractivity contribution is 5.82. The van der Waals surface area contributed by atoms with Crippen molar-refractivity contribution in [2.45, 2.75) is 33.1 Å². The summed E-state index contributed by atoms with van der Waals surface area (Å²) in [6.07, 6.45) is 2.63. The van der Waals surface area contributed by atoms with Gasteiger partial charge in [-0.2, -0.15) is 0 Å². The lowest BCUT2D eigenvalue weighted by molar-refractivity contribution is -0.121. The molecule has 2 nitrogen and oxygen atoms in total. The van der Waals surface area contributed by atoms with E-state index in [0.29, 0.717) is 0 Å². The van der Waals surface area contributed by atoms with Crippen LogP contribution in [0.4, 0.5) is 0 Å². The van der Waals surface area contributed by atoms with E-state index in [1.54, 1.807) is 13.8 Å². The molecule has 1 saturated carbocycles. The molecule has 11 heavy (non-hydrogen) atoms. The van der Waals surface area contributed by atoms with E-state index in [0.717, 1.165) is 19.3 Å². The summed E-state index contributed by atoms with van der Waals surface area (Å²) in [5, 5.41) is 0. The number of carbonyl (C=O) groups excluding carboxylic acids is 2. The zero-order valence-electron chi connectivity index (χ0n) is 7.09. The van der Waals surface area contributed by atoms with Gasteiger partial charge in [0.15, 0.2) is 0 Å². The number of Topliss-reactive ketones (excluding diaryl/α,β-unsaturated/α-hetero) is 2. The summed E-state index contributed by atoms with van der Waals surface area (Å²) in [5.74, 6) is 0.829. The molecule has 1 rings (SSSR count). The maximum absolute atomic E-state index is 10.9. The van der Waals surface area contributed by atoms with Crippen LogP contribution >= 0.6 is 0 Å². The van der Waals surface area contributed by atoms with Crippen molar-refractivity contribution in [1.29, 1.82) is 0 Å². The van der Waals surface area contributed by atoms with Crippen LogP contribution in [0, 0.1) is 11.8 Å². The second kappa shape index (κ2) is 3.16. The summed E-state index contributed by atoms with van der Waals surface area (Å²) in [5.41, 5.74) is 0. The average molecular weight is 154 g/mol. The number of hydrogen-bond donors (Lipinski definition) is 0. The molecule has 0 aliphatic heterocycles. The van der Waals surface area contributed by atoms with Gasteiger partial charge in [-0.25, -0.2) is 0 Å². The smallest absolute Gasteiger partial charge is 0.132 e. The molecule has 0 bridgehead atoms. The molecular weight excluding hydrogens is 140 g/mol. The largest absolute Gasteiger partial charge is 0.300 e. The van der Waals surface area contributed by atoms with Crippen LogP contribution in [0.5, 0.6) is 0 Å². The van der Waals surface area contributed by atoms with Crippen molar-refractivity contribution in [3.8, 4) is 0 Å². The fraction of sp³-hybridized carbons (Fsp3) is 0.778. The van der Waals surface area contributed by atoms with Gasteiger partial charge < -0.3 is 0 Å². The van der Waals surface area contributed by atoms with Gasteiger partial charge in [0.25, 0.3) is 0 Å². The Morgan fingerprint density at radius 2 is 1.36 bits per heavy atom. The Balaban J connectivity index is 2.47. The van der Waals surface area contributed by atoms with E-state index < -0.39 is 0 Å². The Kier molecular flexibility index (Phi) is 2.42. The molecule has 0 aromatic heterocycles. The second-order valence-electron chi connectivity index (χ2n) is 3.43. The molecule has 0 heterocycles. The zero-order valence-corrected chi connectivity index (χ0v) is 7.09. The van der Waals surface area contributed by atoms with Crippen molar-refractivity contribution in [3.05, 3.63) is 0 Å². The third-order valence-electron chi connectivity index (χ3n) is 2.58. The van der Waals surface area contributed by atoms with Gasteiger partial charge in [-0.1, -0.05) is 0 Å². The van der Waals surface area contributed by atoms with Crippen LogP contribution in [0.15, 0.2) is 0 Å². The summed E-state index contributed by atoms with van der Waals surface area (Å²) < 4.78 is 0. The SMILES string of the molecule is CC(=O)C1CCC(C(C)=O)C1. The molecule has 62 valence electrons. The average Bonchev–Trinajstić information content (AvgIpc) is 2.33. The molecule has 1 fully saturated rings. The maximum atomic E-state index is 10.9. The predicted octanol–water partition coefficient (Wildman–Crippen LogP) is 1.58. The fourth-order valence-corrected chi connectivity index (χ4v) is 1.72. The van der Waals surface area contributed by atoms with Crippen molar-refractivity contribution >= 4 is 11.6 Å². The number of carbonyl (C=O) groups is 2. The van der Waals surface area contributed by atoms with Crippen LogP contribution < -0.4 is 0 Å². The Labute approximate surface area is 67.0 Å². The third kappa shape index (κ3) is 1.88. The van der Waals surface area contributed by atoms with Crippen LogP contribution in [-0.2, 0) is 9.59 Å². The molecule has 0 aromatic rings. The highest BCUT2D eigenvalue weighted by Gasteiger charge is 2.29. The Bertz CT molecular complexity index is 164. The van der Waals surface area contributed by atoms with Crippen molar-refractivity contribution in [2.24, 2.45) is 11.8 Å². The van der Waals surface area contributed by atoms with E-state index >= 15 is 0 Å². The Morgan fingerprint density at radius 3 is 1.55 bits per heavy atom. The summed E-state index contributed by atoms with van der Waals surface area (Å²) in [6, 6.07) is 0. The molecular formula is C9H14O2. The van der Waals surface area contributed by atoms with Crippen LogP contribution in [0.3, 0.4) is 0 Å². The van der Waals surface area contributed by atoms with Gasteiger partial charge in [0.1, 0.15) is 11.6 Å². The minimum Gasteiger partial charge on any atom is -0.300 e. The van der Waals surface area contributed by atoms with Gasteiger partial charge in [-0.05, 0) is 33.1 Å². The Hall–Kier alpha value is -0.660.